The lowest BCUT2D eigenvalue weighted by atomic mass is 10.1. The first kappa shape index (κ1) is 16.2. The number of nitrogens with zero attached hydrogens (tertiary/aromatic N) is 5. The number of aromatic nitrogens is 2. The fourth-order valence-corrected chi connectivity index (χ4v) is 5.30. The number of aryl methyl sites for hydroxylation is 1. The maximum Gasteiger partial charge on any atom is 0.319 e. The zero-order valence-electron chi connectivity index (χ0n) is 13.5. The van der Waals surface area contributed by atoms with Crippen LogP contribution in [0.3, 0.4) is 0 Å². The maximum atomic E-state index is 12.3. The second-order valence-corrected chi connectivity index (χ2v) is 8.42. The van der Waals surface area contributed by atoms with Gasteiger partial charge in [-0.3, -0.25) is 4.90 Å². The van der Waals surface area contributed by atoms with E-state index in [9.17, 15) is 13.2 Å². The molecule has 1 aromatic rings. The summed E-state index contributed by atoms with van der Waals surface area (Å²) < 4.78 is 29.6. The van der Waals surface area contributed by atoms with Crippen molar-refractivity contribution in [1.82, 2.24) is 24.9 Å². The number of urea groups is 1. The number of amides is 2. The first-order valence-electron chi connectivity index (χ1n) is 7.48. The van der Waals surface area contributed by atoms with Crippen molar-refractivity contribution >= 4 is 15.9 Å². The second-order valence-electron chi connectivity index (χ2n) is 6.27. The molecule has 2 atom stereocenters. The average Bonchev–Trinajstić information content (AvgIpc) is 3.00. The van der Waals surface area contributed by atoms with Gasteiger partial charge in [0.05, 0.1) is 24.1 Å². The first-order valence-corrected chi connectivity index (χ1v) is 9.30. The van der Waals surface area contributed by atoms with Gasteiger partial charge in [0, 0.05) is 40.2 Å². The molecule has 0 spiro atoms. The number of hydrogen-bond donors (Lipinski definition) is 0. The molecule has 0 aliphatic carbocycles. The highest BCUT2D eigenvalue weighted by atomic mass is 32.2. The van der Waals surface area contributed by atoms with Crippen LogP contribution in [0.5, 0.6) is 0 Å². The summed E-state index contributed by atoms with van der Waals surface area (Å²) >= 11 is 0. The van der Waals surface area contributed by atoms with Gasteiger partial charge in [-0.25, -0.2) is 13.2 Å². The van der Waals surface area contributed by atoms with E-state index in [4.69, 9.17) is 4.42 Å². The van der Waals surface area contributed by atoms with Crippen molar-refractivity contribution in [3.05, 3.63) is 11.8 Å². The molecule has 0 bridgehead atoms. The van der Waals surface area contributed by atoms with Gasteiger partial charge in [0.1, 0.15) is 0 Å². The molecule has 2 amide bonds. The lowest BCUT2D eigenvalue weighted by molar-refractivity contribution is 0.0471. The van der Waals surface area contributed by atoms with Gasteiger partial charge in [0.2, 0.25) is 11.8 Å². The Kier molecular flexibility index (Phi) is 4.05. The normalized spacial score (nSPS) is 27.0. The van der Waals surface area contributed by atoms with E-state index in [1.54, 1.807) is 25.9 Å². The number of hydrogen-bond acceptors (Lipinski definition) is 7. The fourth-order valence-electron chi connectivity index (χ4n) is 3.29. The monoisotopic (exact) mass is 343 g/mol. The molecule has 0 radical (unpaired) electrons. The molecule has 0 saturated carbocycles. The van der Waals surface area contributed by atoms with Crippen LogP contribution in [0.4, 0.5) is 4.79 Å². The summed E-state index contributed by atoms with van der Waals surface area (Å²) in [6.07, 6.45) is 0. The summed E-state index contributed by atoms with van der Waals surface area (Å²) in [6, 6.07) is -0.706. The molecule has 2 aliphatic rings. The molecule has 0 unspecified atom stereocenters. The molecule has 3 rings (SSSR count). The number of sulfone groups is 1. The van der Waals surface area contributed by atoms with Crippen molar-refractivity contribution in [2.75, 3.05) is 38.7 Å². The third kappa shape index (κ3) is 3.18. The Labute approximate surface area is 135 Å². The first-order chi connectivity index (χ1) is 10.8. The van der Waals surface area contributed by atoms with Crippen LogP contribution in [0.2, 0.25) is 0 Å². The predicted molar refractivity (Wildman–Crippen MR) is 81.5 cm³/mol. The van der Waals surface area contributed by atoms with E-state index in [0.717, 1.165) is 0 Å². The van der Waals surface area contributed by atoms with E-state index >= 15 is 0 Å². The Morgan fingerprint density at radius 2 is 1.96 bits per heavy atom. The van der Waals surface area contributed by atoms with Crippen LogP contribution in [0, 0.1) is 6.92 Å². The van der Waals surface area contributed by atoms with Crippen LogP contribution in [0.15, 0.2) is 4.42 Å². The molecule has 2 saturated heterocycles. The van der Waals surface area contributed by atoms with Gasteiger partial charge in [0.15, 0.2) is 9.84 Å². The van der Waals surface area contributed by atoms with Gasteiger partial charge < -0.3 is 14.2 Å². The number of rotatable bonds is 2. The van der Waals surface area contributed by atoms with Gasteiger partial charge in [-0.15, -0.1) is 10.2 Å². The van der Waals surface area contributed by atoms with Crippen molar-refractivity contribution in [2.45, 2.75) is 25.6 Å². The summed E-state index contributed by atoms with van der Waals surface area (Å²) in [6.45, 7) is 3.19. The summed E-state index contributed by atoms with van der Waals surface area (Å²) in [4.78, 5) is 17.5. The SMILES string of the molecule is Cc1nnc(CN2CCN(C(=O)N(C)C)[C@H]3CS(=O)(=O)C[C@H]32)o1. The Hall–Kier alpha value is -1.68. The molecule has 10 heteroatoms. The minimum atomic E-state index is -3.16. The number of fused-ring (bicyclic) bond motifs is 1. The van der Waals surface area contributed by atoms with Crippen LogP contribution < -0.4 is 0 Å². The Balaban J connectivity index is 1.82. The zero-order chi connectivity index (χ0) is 16.8. The van der Waals surface area contributed by atoms with Crippen LogP contribution in [0.25, 0.3) is 0 Å². The Morgan fingerprint density at radius 1 is 1.26 bits per heavy atom. The molecule has 0 N–H and O–H groups in total. The van der Waals surface area contributed by atoms with Crippen LogP contribution in [0.1, 0.15) is 11.8 Å². The molecular formula is C13H21N5O4S. The molecule has 2 fully saturated rings. The highest BCUT2D eigenvalue weighted by molar-refractivity contribution is 7.91. The van der Waals surface area contributed by atoms with E-state index in [-0.39, 0.29) is 29.6 Å². The molecule has 9 nitrogen and oxygen atoms in total. The lowest BCUT2D eigenvalue weighted by Crippen LogP contribution is -2.61. The average molecular weight is 343 g/mol. The number of piperazine rings is 1. The molecule has 128 valence electrons. The number of carbonyl (C=O) groups is 1. The van der Waals surface area contributed by atoms with Gasteiger partial charge in [-0.05, 0) is 0 Å². The summed E-state index contributed by atoms with van der Waals surface area (Å²) in [5.74, 6) is 1.02. The van der Waals surface area contributed by atoms with E-state index in [1.165, 1.54) is 4.90 Å². The summed E-state index contributed by atoms with van der Waals surface area (Å²) in [5.41, 5.74) is 0. The van der Waals surface area contributed by atoms with E-state index in [2.05, 4.69) is 10.2 Å². The van der Waals surface area contributed by atoms with Gasteiger partial charge >= 0.3 is 6.03 Å². The van der Waals surface area contributed by atoms with Crippen molar-refractivity contribution in [2.24, 2.45) is 0 Å². The highest BCUT2D eigenvalue weighted by Gasteiger charge is 2.48. The predicted octanol–water partition coefficient (Wildman–Crippen LogP) is -0.657. The fraction of sp³-hybridized carbons (Fsp3) is 0.769. The van der Waals surface area contributed by atoms with Gasteiger partial charge in [-0.2, -0.15) is 0 Å². The summed E-state index contributed by atoms with van der Waals surface area (Å²) in [5, 5.41) is 7.78. The van der Waals surface area contributed by atoms with Crippen LogP contribution >= 0.6 is 0 Å². The largest absolute Gasteiger partial charge is 0.424 e. The molecule has 23 heavy (non-hydrogen) atoms. The molecule has 3 heterocycles. The van der Waals surface area contributed by atoms with Crippen molar-refractivity contribution in [3.63, 3.8) is 0 Å². The third-order valence-electron chi connectivity index (χ3n) is 4.33. The molecular weight excluding hydrogens is 322 g/mol. The van der Waals surface area contributed by atoms with E-state index in [0.29, 0.717) is 31.4 Å². The maximum absolute atomic E-state index is 12.3. The minimum absolute atomic E-state index is 0.0105. The summed E-state index contributed by atoms with van der Waals surface area (Å²) in [7, 11) is 0.188. The van der Waals surface area contributed by atoms with Gasteiger partial charge in [0.25, 0.3) is 0 Å². The lowest BCUT2D eigenvalue weighted by Gasteiger charge is -2.44. The third-order valence-corrected chi connectivity index (χ3v) is 6.02. The smallest absolute Gasteiger partial charge is 0.319 e. The highest BCUT2D eigenvalue weighted by Crippen LogP contribution is 2.28. The topological polar surface area (TPSA) is 99.9 Å². The van der Waals surface area contributed by atoms with Crippen LogP contribution in [-0.2, 0) is 16.4 Å². The molecule has 0 aromatic carbocycles. The zero-order valence-corrected chi connectivity index (χ0v) is 14.3. The Morgan fingerprint density at radius 3 is 2.57 bits per heavy atom. The minimum Gasteiger partial charge on any atom is -0.424 e. The Bertz CT molecular complexity index is 701. The van der Waals surface area contributed by atoms with Crippen molar-refractivity contribution in [3.8, 4) is 0 Å². The standard InChI is InChI=1S/C13H21N5O4S/c1-9-14-15-12(22-9)6-17-4-5-18(13(19)16(2)3)11-8-23(20,21)7-10(11)17/h10-11H,4-8H2,1-3H3/t10-,11+/m1/s1. The second kappa shape index (κ2) is 5.75. The molecule has 1 aromatic heterocycles. The van der Waals surface area contributed by atoms with Gasteiger partial charge in [-0.1, -0.05) is 0 Å². The van der Waals surface area contributed by atoms with E-state index in [1.807, 2.05) is 4.90 Å². The quantitative estimate of drug-likeness (QED) is 0.703. The van der Waals surface area contributed by atoms with Crippen molar-refractivity contribution in [1.29, 1.82) is 0 Å². The molecule has 2 aliphatic heterocycles. The van der Waals surface area contributed by atoms with Crippen LogP contribution in [-0.4, -0.2) is 90.1 Å². The van der Waals surface area contributed by atoms with Crippen molar-refractivity contribution < 1.29 is 17.6 Å². The number of carbonyl (C=O) groups excluding carboxylic acids is 1. The van der Waals surface area contributed by atoms with E-state index < -0.39 is 9.84 Å².